The fourth-order valence-corrected chi connectivity index (χ4v) is 3.25. The molecule has 1 N–H and O–H groups in total. The number of aliphatic hydroxyl groups excluding tert-OH is 1. The molecular weight excluding hydrogens is 308 g/mol. The summed E-state index contributed by atoms with van der Waals surface area (Å²) in [5.74, 6) is 0.675. The molecular formula is C22H20N2O. The molecule has 3 heteroatoms. The van der Waals surface area contributed by atoms with Crippen LogP contribution in [0.1, 0.15) is 28.6 Å². The zero-order valence-electron chi connectivity index (χ0n) is 14.1. The number of aromatic nitrogens is 2. The molecule has 1 unspecified atom stereocenters. The predicted octanol–water partition coefficient (Wildman–Crippen LogP) is 4.47. The van der Waals surface area contributed by atoms with E-state index < -0.39 is 6.10 Å². The number of nitrogens with zero attached hydrogens (tertiary/aromatic N) is 2. The van der Waals surface area contributed by atoms with Gasteiger partial charge >= 0.3 is 0 Å². The van der Waals surface area contributed by atoms with Crippen LogP contribution in [0.3, 0.4) is 0 Å². The molecule has 3 aromatic carbocycles. The lowest BCUT2D eigenvalue weighted by Gasteiger charge is -2.15. The first-order valence-electron chi connectivity index (χ1n) is 8.46. The normalized spacial score (nSPS) is 12.4. The SMILES string of the molecule is Cc1cccc(Cn2c(C(O)c3ccccc3)nc3ccccc32)c1. The third-order valence-corrected chi connectivity index (χ3v) is 4.47. The summed E-state index contributed by atoms with van der Waals surface area (Å²) in [6.07, 6.45) is -0.751. The molecule has 0 aliphatic rings. The van der Waals surface area contributed by atoms with Crippen molar-refractivity contribution in [1.29, 1.82) is 0 Å². The number of rotatable bonds is 4. The standard InChI is InChI=1S/C22H20N2O/c1-16-8-7-9-17(14-16)15-24-20-13-6-5-12-19(20)23-22(24)21(25)18-10-3-2-4-11-18/h2-14,21,25H,15H2,1H3. The van der Waals surface area contributed by atoms with Gasteiger partial charge in [0.15, 0.2) is 0 Å². The fourth-order valence-electron chi connectivity index (χ4n) is 3.25. The molecule has 0 saturated heterocycles. The number of benzene rings is 3. The van der Waals surface area contributed by atoms with Crippen molar-refractivity contribution in [3.8, 4) is 0 Å². The summed E-state index contributed by atoms with van der Waals surface area (Å²) in [6.45, 7) is 2.77. The smallest absolute Gasteiger partial charge is 0.143 e. The van der Waals surface area contributed by atoms with Gasteiger partial charge in [-0.3, -0.25) is 0 Å². The van der Waals surface area contributed by atoms with Crippen molar-refractivity contribution in [2.45, 2.75) is 19.6 Å². The van der Waals surface area contributed by atoms with Crippen molar-refractivity contribution in [1.82, 2.24) is 9.55 Å². The molecule has 4 rings (SSSR count). The second-order valence-electron chi connectivity index (χ2n) is 6.35. The van der Waals surface area contributed by atoms with Crippen LogP contribution in [0.15, 0.2) is 78.9 Å². The Kier molecular flexibility index (Phi) is 4.08. The minimum Gasteiger partial charge on any atom is -0.380 e. The molecule has 1 aromatic heterocycles. The Morgan fingerprint density at radius 1 is 0.920 bits per heavy atom. The first-order chi connectivity index (χ1) is 12.2. The average Bonchev–Trinajstić information content (AvgIpc) is 3.00. The molecule has 1 heterocycles. The van der Waals surface area contributed by atoms with Gasteiger partial charge in [0.2, 0.25) is 0 Å². The number of imidazole rings is 1. The van der Waals surface area contributed by atoms with E-state index in [0.717, 1.165) is 16.6 Å². The third-order valence-electron chi connectivity index (χ3n) is 4.47. The summed E-state index contributed by atoms with van der Waals surface area (Å²) < 4.78 is 2.11. The van der Waals surface area contributed by atoms with Gasteiger partial charge < -0.3 is 9.67 Å². The summed E-state index contributed by atoms with van der Waals surface area (Å²) in [5, 5.41) is 10.9. The van der Waals surface area contributed by atoms with Gasteiger partial charge in [0.25, 0.3) is 0 Å². The van der Waals surface area contributed by atoms with E-state index in [0.29, 0.717) is 12.4 Å². The molecule has 4 aromatic rings. The van der Waals surface area contributed by atoms with Gasteiger partial charge in [0.1, 0.15) is 11.9 Å². The summed E-state index contributed by atoms with van der Waals surface area (Å²) in [4.78, 5) is 4.72. The van der Waals surface area contributed by atoms with Crippen LogP contribution in [-0.2, 0) is 6.54 Å². The van der Waals surface area contributed by atoms with Gasteiger partial charge in [-0.1, -0.05) is 72.3 Å². The number of hydrogen-bond acceptors (Lipinski definition) is 2. The van der Waals surface area contributed by atoms with E-state index in [9.17, 15) is 5.11 Å². The zero-order valence-corrected chi connectivity index (χ0v) is 14.1. The van der Waals surface area contributed by atoms with Crippen LogP contribution in [0, 0.1) is 6.92 Å². The molecule has 3 nitrogen and oxygen atoms in total. The highest BCUT2D eigenvalue weighted by Gasteiger charge is 2.19. The fraction of sp³-hybridized carbons (Fsp3) is 0.136. The van der Waals surface area contributed by atoms with E-state index in [4.69, 9.17) is 4.98 Å². The molecule has 0 fully saturated rings. The second-order valence-corrected chi connectivity index (χ2v) is 6.35. The quantitative estimate of drug-likeness (QED) is 0.600. The van der Waals surface area contributed by atoms with Crippen LogP contribution in [0.5, 0.6) is 0 Å². The molecule has 0 amide bonds. The van der Waals surface area contributed by atoms with Crippen molar-refractivity contribution >= 4 is 11.0 Å². The van der Waals surface area contributed by atoms with Gasteiger partial charge in [-0.05, 0) is 30.2 Å². The predicted molar refractivity (Wildman–Crippen MR) is 101 cm³/mol. The van der Waals surface area contributed by atoms with E-state index in [-0.39, 0.29) is 0 Å². The maximum Gasteiger partial charge on any atom is 0.143 e. The van der Waals surface area contributed by atoms with E-state index in [1.165, 1.54) is 11.1 Å². The Morgan fingerprint density at radius 3 is 2.48 bits per heavy atom. The van der Waals surface area contributed by atoms with Gasteiger partial charge in [0, 0.05) is 6.54 Å². The number of para-hydroxylation sites is 2. The number of aryl methyl sites for hydroxylation is 1. The summed E-state index contributed by atoms with van der Waals surface area (Å²) in [5.41, 5.74) is 5.22. The topological polar surface area (TPSA) is 38.0 Å². The van der Waals surface area contributed by atoms with Crippen LogP contribution in [0.4, 0.5) is 0 Å². The largest absolute Gasteiger partial charge is 0.380 e. The Bertz CT molecular complexity index is 1000. The number of hydrogen-bond donors (Lipinski definition) is 1. The average molecular weight is 328 g/mol. The van der Waals surface area contributed by atoms with Crippen LogP contribution in [0.2, 0.25) is 0 Å². The van der Waals surface area contributed by atoms with E-state index in [1.54, 1.807) is 0 Å². The maximum atomic E-state index is 10.9. The van der Waals surface area contributed by atoms with Crippen LogP contribution >= 0.6 is 0 Å². The highest BCUT2D eigenvalue weighted by atomic mass is 16.3. The van der Waals surface area contributed by atoms with Crippen LogP contribution in [-0.4, -0.2) is 14.7 Å². The van der Waals surface area contributed by atoms with Gasteiger partial charge in [-0.15, -0.1) is 0 Å². The van der Waals surface area contributed by atoms with Gasteiger partial charge in [-0.2, -0.15) is 0 Å². The van der Waals surface area contributed by atoms with Crippen molar-refractivity contribution in [2.75, 3.05) is 0 Å². The first kappa shape index (κ1) is 15.6. The first-order valence-corrected chi connectivity index (χ1v) is 8.46. The van der Waals surface area contributed by atoms with Gasteiger partial charge in [0.05, 0.1) is 11.0 Å². The van der Waals surface area contributed by atoms with E-state index in [1.807, 2.05) is 48.5 Å². The highest BCUT2D eigenvalue weighted by Crippen LogP contribution is 2.26. The Labute approximate surface area is 147 Å². The molecule has 25 heavy (non-hydrogen) atoms. The van der Waals surface area contributed by atoms with Crippen molar-refractivity contribution < 1.29 is 5.11 Å². The summed E-state index contributed by atoms with van der Waals surface area (Å²) in [6, 6.07) is 26.2. The highest BCUT2D eigenvalue weighted by molar-refractivity contribution is 5.76. The van der Waals surface area contributed by atoms with Crippen LogP contribution in [0.25, 0.3) is 11.0 Å². The molecule has 124 valence electrons. The zero-order chi connectivity index (χ0) is 17.2. The number of aliphatic hydroxyl groups is 1. The number of fused-ring (bicyclic) bond motifs is 1. The lowest BCUT2D eigenvalue weighted by atomic mass is 10.1. The third kappa shape index (κ3) is 3.06. The molecule has 0 radical (unpaired) electrons. The van der Waals surface area contributed by atoms with Crippen LogP contribution < -0.4 is 0 Å². The molecule has 0 aliphatic heterocycles. The lowest BCUT2D eigenvalue weighted by molar-refractivity contribution is 0.206. The van der Waals surface area contributed by atoms with E-state index >= 15 is 0 Å². The van der Waals surface area contributed by atoms with Gasteiger partial charge in [-0.25, -0.2) is 4.98 Å². The summed E-state index contributed by atoms with van der Waals surface area (Å²) in [7, 11) is 0. The second kappa shape index (κ2) is 6.54. The Morgan fingerprint density at radius 2 is 1.68 bits per heavy atom. The van der Waals surface area contributed by atoms with E-state index in [2.05, 4.69) is 41.8 Å². The Hall–Kier alpha value is -2.91. The molecule has 0 aliphatic carbocycles. The van der Waals surface area contributed by atoms with Crippen molar-refractivity contribution in [3.63, 3.8) is 0 Å². The molecule has 0 saturated carbocycles. The van der Waals surface area contributed by atoms with Crippen molar-refractivity contribution in [3.05, 3.63) is 101 Å². The minimum atomic E-state index is -0.751. The Balaban J connectivity index is 1.83. The molecule has 1 atom stereocenters. The lowest BCUT2D eigenvalue weighted by Crippen LogP contribution is -2.11. The molecule has 0 spiro atoms. The minimum absolute atomic E-state index is 0.675. The monoisotopic (exact) mass is 328 g/mol. The molecule has 0 bridgehead atoms. The summed E-state index contributed by atoms with van der Waals surface area (Å²) >= 11 is 0. The van der Waals surface area contributed by atoms with Crippen molar-refractivity contribution in [2.24, 2.45) is 0 Å². The maximum absolute atomic E-state index is 10.9.